The number of carbonyl (C=O) groups excluding carboxylic acids is 1. The molecule has 5 nitrogen and oxygen atoms in total. The molecule has 0 radical (unpaired) electrons. The van der Waals surface area contributed by atoms with Gasteiger partial charge in [0.05, 0.1) is 14.2 Å². The Morgan fingerprint density at radius 3 is 2.50 bits per heavy atom. The second-order valence-electron chi connectivity index (χ2n) is 5.42. The number of hydrogen-bond donors (Lipinski definition) is 1. The minimum absolute atomic E-state index is 0.00976. The first-order valence-electron chi connectivity index (χ1n) is 7.96. The highest BCUT2D eigenvalue weighted by Gasteiger charge is 2.10. The smallest absolute Gasteiger partial charge is 0.266 e. The molecule has 0 spiro atoms. The Morgan fingerprint density at radius 1 is 1.19 bits per heavy atom. The van der Waals surface area contributed by atoms with E-state index in [4.69, 9.17) is 9.47 Å². The number of allylic oxidation sites excluding steroid dienone is 1. The number of nitrogens with one attached hydrogen (secondary N) is 1. The molecule has 26 heavy (non-hydrogen) atoms. The van der Waals surface area contributed by atoms with Crippen LogP contribution in [-0.4, -0.2) is 20.1 Å². The molecule has 0 aliphatic heterocycles. The van der Waals surface area contributed by atoms with E-state index in [1.165, 1.54) is 0 Å². The molecule has 0 fully saturated rings. The predicted molar refractivity (Wildman–Crippen MR) is 102 cm³/mol. The average molecular weight is 348 g/mol. The van der Waals surface area contributed by atoms with Gasteiger partial charge in [0.15, 0.2) is 0 Å². The van der Waals surface area contributed by atoms with Crippen LogP contribution in [-0.2, 0) is 11.2 Å². The SMILES string of the molecule is C=CCc1cc(/C=C(/C#N)C(=O)Nc2ccc(OC)cc2)ccc1OC. The van der Waals surface area contributed by atoms with Crippen molar-refractivity contribution in [3.8, 4) is 17.6 Å². The number of nitriles is 1. The minimum atomic E-state index is -0.473. The van der Waals surface area contributed by atoms with Gasteiger partial charge in [0, 0.05) is 5.69 Å². The van der Waals surface area contributed by atoms with Crippen LogP contribution in [0.5, 0.6) is 11.5 Å². The Balaban J connectivity index is 2.23. The van der Waals surface area contributed by atoms with Gasteiger partial charge >= 0.3 is 0 Å². The molecule has 0 atom stereocenters. The fourth-order valence-corrected chi connectivity index (χ4v) is 2.39. The lowest BCUT2D eigenvalue weighted by Crippen LogP contribution is -2.13. The van der Waals surface area contributed by atoms with E-state index in [1.807, 2.05) is 12.1 Å². The van der Waals surface area contributed by atoms with Crippen molar-refractivity contribution in [1.82, 2.24) is 0 Å². The van der Waals surface area contributed by atoms with E-state index in [2.05, 4.69) is 11.9 Å². The van der Waals surface area contributed by atoms with Gasteiger partial charge in [-0.05, 0) is 60.0 Å². The zero-order valence-electron chi connectivity index (χ0n) is 14.8. The fraction of sp³-hybridized carbons (Fsp3) is 0.143. The Bertz CT molecular complexity index is 862. The lowest BCUT2D eigenvalue weighted by molar-refractivity contribution is -0.112. The number of amides is 1. The summed E-state index contributed by atoms with van der Waals surface area (Å²) in [6.07, 6.45) is 3.95. The number of ether oxygens (including phenoxy) is 2. The Labute approximate surface area is 153 Å². The second-order valence-corrected chi connectivity index (χ2v) is 5.42. The Hall–Kier alpha value is -3.52. The summed E-state index contributed by atoms with van der Waals surface area (Å²) in [5.41, 5.74) is 2.27. The number of methoxy groups -OCH3 is 2. The molecular weight excluding hydrogens is 328 g/mol. The lowest BCUT2D eigenvalue weighted by Gasteiger charge is -2.08. The van der Waals surface area contributed by atoms with Crippen LogP contribution in [0.1, 0.15) is 11.1 Å². The standard InChI is InChI=1S/C21H20N2O3/c1-4-5-16-12-15(6-11-20(16)26-3)13-17(14-22)21(24)23-18-7-9-19(25-2)10-8-18/h4,6-13H,1,5H2,2-3H3,(H,23,24)/b17-13-. The molecule has 132 valence electrons. The highest BCUT2D eigenvalue weighted by atomic mass is 16.5. The topological polar surface area (TPSA) is 71.4 Å². The van der Waals surface area contributed by atoms with E-state index in [-0.39, 0.29) is 5.57 Å². The van der Waals surface area contributed by atoms with Crippen molar-refractivity contribution in [1.29, 1.82) is 5.26 Å². The molecule has 0 aliphatic carbocycles. The molecule has 0 bridgehead atoms. The second kappa shape index (κ2) is 9.09. The maximum absolute atomic E-state index is 12.4. The summed E-state index contributed by atoms with van der Waals surface area (Å²) in [7, 11) is 3.17. The van der Waals surface area contributed by atoms with Gasteiger partial charge in [-0.2, -0.15) is 5.26 Å². The van der Waals surface area contributed by atoms with E-state index in [0.717, 1.165) is 16.9 Å². The summed E-state index contributed by atoms with van der Waals surface area (Å²) >= 11 is 0. The quantitative estimate of drug-likeness (QED) is 0.467. The third kappa shape index (κ3) is 4.74. The van der Waals surface area contributed by atoms with Gasteiger partial charge in [-0.15, -0.1) is 6.58 Å². The maximum Gasteiger partial charge on any atom is 0.266 e. The minimum Gasteiger partial charge on any atom is -0.497 e. The molecule has 2 aromatic carbocycles. The van der Waals surface area contributed by atoms with E-state index in [1.54, 1.807) is 62.8 Å². The van der Waals surface area contributed by atoms with Gasteiger partial charge in [-0.25, -0.2) is 0 Å². The van der Waals surface area contributed by atoms with Gasteiger partial charge in [-0.1, -0.05) is 12.1 Å². The summed E-state index contributed by atoms with van der Waals surface area (Å²) in [6, 6.07) is 14.3. The van der Waals surface area contributed by atoms with Crippen LogP contribution in [0.4, 0.5) is 5.69 Å². The van der Waals surface area contributed by atoms with Gasteiger partial charge in [0.1, 0.15) is 23.1 Å². The third-order valence-corrected chi connectivity index (χ3v) is 3.69. The molecule has 2 rings (SSSR count). The first-order valence-corrected chi connectivity index (χ1v) is 7.96. The number of anilines is 1. The van der Waals surface area contributed by atoms with Gasteiger partial charge < -0.3 is 14.8 Å². The van der Waals surface area contributed by atoms with Gasteiger partial charge in [0.2, 0.25) is 0 Å². The van der Waals surface area contributed by atoms with Crippen molar-refractivity contribution < 1.29 is 14.3 Å². The molecule has 0 saturated heterocycles. The van der Waals surface area contributed by atoms with Crippen molar-refractivity contribution in [2.24, 2.45) is 0 Å². The van der Waals surface area contributed by atoms with Crippen LogP contribution in [0.2, 0.25) is 0 Å². The van der Waals surface area contributed by atoms with Crippen molar-refractivity contribution in [2.75, 3.05) is 19.5 Å². The monoisotopic (exact) mass is 348 g/mol. The molecule has 0 saturated carbocycles. The predicted octanol–water partition coefficient (Wildman–Crippen LogP) is 3.98. The largest absolute Gasteiger partial charge is 0.497 e. The zero-order valence-corrected chi connectivity index (χ0v) is 14.8. The third-order valence-electron chi connectivity index (χ3n) is 3.69. The summed E-state index contributed by atoms with van der Waals surface area (Å²) in [5.74, 6) is 0.953. The molecule has 2 aromatic rings. The van der Waals surface area contributed by atoms with E-state index in [0.29, 0.717) is 17.9 Å². The van der Waals surface area contributed by atoms with E-state index < -0.39 is 5.91 Å². The lowest BCUT2D eigenvalue weighted by atomic mass is 10.0. The first-order chi connectivity index (χ1) is 12.6. The van der Waals surface area contributed by atoms with Gasteiger partial charge in [0.25, 0.3) is 5.91 Å². The Kier molecular flexibility index (Phi) is 6.58. The van der Waals surface area contributed by atoms with Crippen LogP contribution in [0.25, 0.3) is 6.08 Å². The number of hydrogen-bond acceptors (Lipinski definition) is 4. The molecule has 0 heterocycles. The zero-order chi connectivity index (χ0) is 18.9. The number of carbonyl (C=O) groups is 1. The van der Waals surface area contributed by atoms with Crippen molar-refractivity contribution >= 4 is 17.7 Å². The van der Waals surface area contributed by atoms with Crippen LogP contribution >= 0.6 is 0 Å². The van der Waals surface area contributed by atoms with Crippen LogP contribution in [0.3, 0.4) is 0 Å². The summed E-state index contributed by atoms with van der Waals surface area (Å²) < 4.78 is 10.4. The number of rotatable bonds is 7. The molecule has 0 aliphatic rings. The molecule has 5 heteroatoms. The van der Waals surface area contributed by atoms with Crippen LogP contribution in [0, 0.1) is 11.3 Å². The maximum atomic E-state index is 12.4. The van der Waals surface area contributed by atoms with Crippen molar-refractivity contribution in [3.05, 3.63) is 71.8 Å². The molecule has 0 unspecified atom stereocenters. The molecular formula is C21H20N2O3. The van der Waals surface area contributed by atoms with Gasteiger partial charge in [-0.3, -0.25) is 4.79 Å². The summed E-state index contributed by atoms with van der Waals surface area (Å²) in [5, 5.41) is 12.1. The molecule has 1 amide bonds. The first kappa shape index (κ1) is 18.8. The average Bonchev–Trinajstić information content (AvgIpc) is 2.67. The van der Waals surface area contributed by atoms with Crippen LogP contribution in [0.15, 0.2) is 60.7 Å². The normalized spacial score (nSPS) is 10.6. The van der Waals surface area contributed by atoms with E-state index >= 15 is 0 Å². The Morgan fingerprint density at radius 2 is 1.92 bits per heavy atom. The number of benzene rings is 2. The number of nitrogens with zero attached hydrogens (tertiary/aromatic N) is 1. The highest BCUT2D eigenvalue weighted by Crippen LogP contribution is 2.22. The molecule has 1 N–H and O–H groups in total. The van der Waals surface area contributed by atoms with E-state index in [9.17, 15) is 10.1 Å². The summed E-state index contributed by atoms with van der Waals surface area (Å²) in [4.78, 5) is 12.4. The van der Waals surface area contributed by atoms with Crippen molar-refractivity contribution in [3.63, 3.8) is 0 Å². The highest BCUT2D eigenvalue weighted by molar-refractivity contribution is 6.09. The summed E-state index contributed by atoms with van der Waals surface area (Å²) in [6.45, 7) is 3.73. The van der Waals surface area contributed by atoms with Crippen LogP contribution < -0.4 is 14.8 Å². The molecule has 0 aromatic heterocycles. The fourth-order valence-electron chi connectivity index (χ4n) is 2.39. The van der Waals surface area contributed by atoms with Crippen molar-refractivity contribution in [2.45, 2.75) is 6.42 Å².